The second-order valence-electron chi connectivity index (χ2n) is 7.06. The summed E-state index contributed by atoms with van der Waals surface area (Å²) >= 11 is 1.60. The molecule has 2 heterocycles. The Labute approximate surface area is 185 Å². The average Bonchev–Trinajstić information content (AvgIpc) is 3.28. The highest BCUT2D eigenvalue weighted by atomic mass is 32.2. The molecule has 10 heteroatoms. The van der Waals surface area contributed by atoms with Gasteiger partial charge >= 0.3 is 12.0 Å². The maximum absolute atomic E-state index is 13.3. The van der Waals surface area contributed by atoms with Crippen molar-refractivity contribution >= 4 is 23.8 Å². The molecular formula is C21H28N4O5S. The van der Waals surface area contributed by atoms with E-state index in [1.807, 2.05) is 18.4 Å². The first-order chi connectivity index (χ1) is 15.0. The lowest BCUT2D eigenvalue weighted by molar-refractivity contribution is -0.142. The number of hydrogen-bond acceptors (Lipinski definition) is 7. The van der Waals surface area contributed by atoms with Gasteiger partial charge in [0.15, 0.2) is 0 Å². The van der Waals surface area contributed by atoms with Crippen LogP contribution in [0.4, 0.5) is 4.79 Å². The summed E-state index contributed by atoms with van der Waals surface area (Å²) in [5, 5.41) is 2.85. The minimum Gasteiger partial charge on any atom is -0.497 e. The molecular weight excluding hydrogens is 420 g/mol. The average molecular weight is 449 g/mol. The number of H-pyrrole nitrogens is 1. The van der Waals surface area contributed by atoms with Crippen molar-refractivity contribution in [3.8, 4) is 11.5 Å². The summed E-state index contributed by atoms with van der Waals surface area (Å²) in [4.78, 5) is 34.8. The minimum atomic E-state index is -0.717. The summed E-state index contributed by atoms with van der Waals surface area (Å²) in [5.74, 6) is 1.49. The largest absolute Gasteiger partial charge is 0.497 e. The van der Waals surface area contributed by atoms with Gasteiger partial charge in [-0.2, -0.15) is 11.8 Å². The fraction of sp³-hybridized carbons (Fsp3) is 0.476. The summed E-state index contributed by atoms with van der Waals surface area (Å²) in [7, 11) is 4.48. The lowest BCUT2D eigenvalue weighted by atomic mass is 9.95. The van der Waals surface area contributed by atoms with Crippen LogP contribution in [0.3, 0.4) is 0 Å². The van der Waals surface area contributed by atoms with E-state index >= 15 is 0 Å². The van der Waals surface area contributed by atoms with E-state index in [1.54, 1.807) is 43.3 Å². The molecule has 0 radical (unpaired) electrons. The van der Waals surface area contributed by atoms with Crippen molar-refractivity contribution in [1.29, 1.82) is 0 Å². The van der Waals surface area contributed by atoms with Crippen molar-refractivity contribution in [1.82, 2.24) is 20.2 Å². The number of fused-ring (bicyclic) bond motifs is 1. The van der Waals surface area contributed by atoms with Crippen LogP contribution in [0.2, 0.25) is 0 Å². The number of esters is 1. The molecule has 168 valence electrons. The van der Waals surface area contributed by atoms with Gasteiger partial charge in [0.1, 0.15) is 23.6 Å². The van der Waals surface area contributed by atoms with Crippen molar-refractivity contribution < 1.29 is 23.8 Å². The molecule has 1 aliphatic heterocycles. The molecule has 1 aromatic carbocycles. The van der Waals surface area contributed by atoms with E-state index in [2.05, 4.69) is 15.3 Å². The van der Waals surface area contributed by atoms with Gasteiger partial charge in [0.2, 0.25) is 0 Å². The zero-order valence-electron chi connectivity index (χ0n) is 18.1. The Morgan fingerprint density at radius 3 is 2.58 bits per heavy atom. The number of carbonyl (C=O) groups excluding carboxylic acids is 2. The van der Waals surface area contributed by atoms with Gasteiger partial charge in [0.05, 0.1) is 33.4 Å². The third kappa shape index (κ3) is 5.07. The summed E-state index contributed by atoms with van der Waals surface area (Å²) in [6.45, 7) is 0.460. The maximum atomic E-state index is 13.3. The first kappa shape index (κ1) is 22.8. The van der Waals surface area contributed by atoms with Crippen molar-refractivity contribution in [3.05, 3.63) is 41.5 Å². The van der Waals surface area contributed by atoms with E-state index in [1.165, 1.54) is 7.11 Å². The summed E-state index contributed by atoms with van der Waals surface area (Å²) in [6, 6.07) is 3.98. The number of carbonyl (C=O) groups is 2. The fourth-order valence-electron chi connectivity index (χ4n) is 3.68. The molecule has 2 N–H and O–H groups in total. The highest BCUT2D eigenvalue weighted by Gasteiger charge is 2.36. The molecule has 0 fully saturated rings. The maximum Gasteiger partial charge on any atom is 0.328 e. The molecule has 0 aliphatic carbocycles. The quantitative estimate of drug-likeness (QED) is 0.597. The van der Waals surface area contributed by atoms with E-state index in [9.17, 15) is 9.59 Å². The number of thioether (sulfide) groups is 1. The zero-order valence-corrected chi connectivity index (χ0v) is 19.0. The standard InChI is InChI=1S/C21H28N4O5S/c1-28-14-9-13(10-15(11-14)29-2)19-18-16(22-12-23-18)5-7-25(19)21(27)24-17(6-8-31-4)20(26)30-3/h9-12,17,19H,5-8H2,1-4H3,(H,22,23)(H,24,27). The molecule has 2 atom stereocenters. The van der Waals surface area contributed by atoms with E-state index in [0.717, 1.165) is 22.7 Å². The Hall–Kier alpha value is -2.88. The lowest BCUT2D eigenvalue weighted by Gasteiger charge is -2.36. The first-order valence-electron chi connectivity index (χ1n) is 9.91. The second kappa shape index (κ2) is 10.4. The van der Waals surface area contributed by atoms with Gasteiger partial charge in [-0.1, -0.05) is 0 Å². The van der Waals surface area contributed by atoms with Crippen LogP contribution in [0, 0.1) is 0 Å². The molecule has 9 nitrogen and oxygen atoms in total. The number of aromatic nitrogens is 2. The molecule has 2 amide bonds. The minimum absolute atomic E-state index is 0.350. The van der Waals surface area contributed by atoms with E-state index in [0.29, 0.717) is 30.9 Å². The van der Waals surface area contributed by atoms with E-state index in [-0.39, 0.29) is 6.03 Å². The van der Waals surface area contributed by atoms with Gasteiger partial charge in [-0.05, 0) is 36.1 Å². The van der Waals surface area contributed by atoms with Crippen LogP contribution in [-0.4, -0.2) is 72.8 Å². The summed E-state index contributed by atoms with van der Waals surface area (Å²) in [5.41, 5.74) is 2.54. The molecule has 1 aliphatic rings. The number of aromatic amines is 1. The monoisotopic (exact) mass is 448 g/mol. The fourth-order valence-corrected chi connectivity index (χ4v) is 4.15. The number of imidazole rings is 1. The Bertz CT molecular complexity index is 897. The SMILES string of the molecule is COC(=O)C(CCSC)NC(=O)N1CCc2[nH]cnc2C1c1cc(OC)cc(OC)c1. The van der Waals surface area contributed by atoms with Crippen LogP contribution in [0.1, 0.15) is 29.4 Å². The third-order valence-corrected chi connectivity index (χ3v) is 5.91. The first-order valence-corrected chi connectivity index (χ1v) is 11.3. The predicted octanol–water partition coefficient (Wildman–Crippen LogP) is 2.38. The summed E-state index contributed by atoms with van der Waals surface area (Å²) in [6.07, 6.45) is 4.70. The zero-order chi connectivity index (χ0) is 22.4. The van der Waals surface area contributed by atoms with Crippen molar-refractivity contribution in [2.24, 2.45) is 0 Å². The number of urea groups is 1. The molecule has 0 spiro atoms. The molecule has 0 saturated carbocycles. The molecule has 2 unspecified atom stereocenters. The number of nitrogens with one attached hydrogen (secondary N) is 2. The van der Waals surface area contributed by atoms with Crippen LogP contribution in [0.5, 0.6) is 11.5 Å². The van der Waals surface area contributed by atoms with Crippen LogP contribution in [0.25, 0.3) is 0 Å². The van der Waals surface area contributed by atoms with E-state index < -0.39 is 18.1 Å². The smallest absolute Gasteiger partial charge is 0.328 e. The Morgan fingerprint density at radius 2 is 1.97 bits per heavy atom. The Balaban J connectivity index is 1.95. The van der Waals surface area contributed by atoms with Crippen molar-refractivity contribution in [3.63, 3.8) is 0 Å². The number of rotatable bonds is 8. The second-order valence-corrected chi connectivity index (χ2v) is 8.05. The van der Waals surface area contributed by atoms with Crippen LogP contribution in [0.15, 0.2) is 24.5 Å². The molecule has 2 aromatic rings. The molecule has 0 saturated heterocycles. The van der Waals surface area contributed by atoms with Gasteiger partial charge < -0.3 is 29.4 Å². The molecule has 3 rings (SSSR count). The van der Waals surface area contributed by atoms with Crippen LogP contribution in [-0.2, 0) is 16.0 Å². The van der Waals surface area contributed by atoms with Crippen molar-refractivity contribution in [2.75, 3.05) is 39.9 Å². The number of hydrogen-bond donors (Lipinski definition) is 2. The normalized spacial score (nSPS) is 16.3. The van der Waals surface area contributed by atoms with Gasteiger partial charge in [-0.3, -0.25) is 0 Å². The van der Waals surface area contributed by atoms with Gasteiger partial charge in [-0.25, -0.2) is 14.6 Å². The molecule has 1 aromatic heterocycles. The number of benzene rings is 1. The topological polar surface area (TPSA) is 106 Å². The number of amides is 2. The Morgan fingerprint density at radius 1 is 1.26 bits per heavy atom. The van der Waals surface area contributed by atoms with Crippen LogP contribution >= 0.6 is 11.8 Å². The predicted molar refractivity (Wildman–Crippen MR) is 118 cm³/mol. The Kier molecular flexibility index (Phi) is 7.67. The van der Waals surface area contributed by atoms with Gasteiger partial charge in [0.25, 0.3) is 0 Å². The van der Waals surface area contributed by atoms with Gasteiger partial charge in [-0.15, -0.1) is 0 Å². The number of ether oxygens (including phenoxy) is 3. The van der Waals surface area contributed by atoms with Crippen molar-refractivity contribution in [2.45, 2.75) is 24.9 Å². The highest BCUT2D eigenvalue weighted by molar-refractivity contribution is 7.98. The van der Waals surface area contributed by atoms with E-state index in [4.69, 9.17) is 14.2 Å². The molecule has 31 heavy (non-hydrogen) atoms. The van der Waals surface area contributed by atoms with Crippen LogP contribution < -0.4 is 14.8 Å². The summed E-state index contributed by atoms with van der Waals surface area (Å²) < 4.78 is 15.7. The van der Waals surface area contributed by atoms with Gasteiger partial charge in [0, 0.05) is 24.7 Å². The third-order valence-electron chi connectivity index (χ3n) is 5.27. The highest BCUT2D eigenvalue weighted by Crippen LogP contribution is 2.37. The number of nitrogens with zero attached hydrogens (tertiary/aromatic N) is 2. The molecule has 0 bridgehead atoms. The lowest BCUT2D eigenvalue weighted by Crippen LogP contribution is -2.51. The number of methoxy groups -OCH3 is 3.